The third-order valence-electron chi connectivity index (χ3n) is 0. The van der Waals surface area contributed by atoms with Gasteiger partial charge in [0.1, 0.15) is 0 Å². The van der Waals surface area contributed by atoms with Gasteiger partial charge in [0.25, 0.3) is 0 Å². The summed E-state index contributed by atoms with van der Waals surface area (Å²) in [6.45, 7) is 0. The molecule has 0 aromatic carbocycles. The standard InChI is InChI=1S/ClH.2Mg.Na.2H2O/h1H;;;;2*1H2/q;2*+2;+1;;/p-3. The summed E-state index contributed by atoms with van der Waals surface area (Å²) in [6, 6.07) is 0. The molecular weight excluding hydrogens is 139 g/mol. The van der Waals surface area contributed by atoms with Crippen molar-refractivity contribution in [1.29, 1.82) is 0 Å². The van der Waals surface area contributed by atoms with Crippen molar-refractivity contribution in [3.8, 4) is 0 Å². The van der Waals surface area contributed by atoms with Crippen LogP contribution in [0, 0.1) is 0 Å². The average Bonchev–Trinajstić information content (AvgIpc) is 0. The van der Waals surface area contributed by atoms with Crippen molar-refractivity contribution < 1.29 is 52.9 Å². The molecule has 0 bridgehead atoms. The van der Waals surface area contributed by atoms with E-state index in [1.54, 1.807) is 0 Å². The molecule has 2 nitrogen and oxygen atoms in total. The summed E-state index contributed by atoms with van der Waals surface area (Å²) in [4.78, 5) is 0. The van der Waals surface area contributed by atoms with Gasteiger partial charge in [-0.2, -0.15) is 0 Å². The Morgan fingerprint density at radius 1 is 0.667 bits per heavy atom. The Morgan fingerprint density at radius 2 is 0.667 bits per heavy atom. The summed E-state index contributed by atoms with van der Waals surface area (Å²) in [5.74, 6) is 0. The molecule has 0 spiro atoms. The molecule has 0 aliphatic carbocycles. The molecule has 0 aliphatic heterocycles. The third kappa shape index (κ3) is 29.6. The van der Waals surface area contributed by atoms with Crippen molar-refractivity contribution >= 4 is 46.1 Å². The minimum absolute atomic E-state index is 0. The van der Waals surface area contributed by atoms with Crippen LogP contribution in [-0.2, 0) is 0 Å². The fraction of sp³-hybridized carbons (Fsp3) is 0. The van der Waals surface area contributed by atoms with Crippen LogP contribution in [-0.4, -0.2) is 57.1 Å². The van der Waals surface area contributed by atoms with E-state index in [0.29, 0.717) is 0 Å². The molecule has 0 unspecified atom stereocenters. The Kier molecular flexibility index (Phi) is 543. The molecule has 6 heteroatoms. The summed E-state index contributed by atoms with van der Waals surface area (Å²) >= 11 is 0. The molecule has 24 valence electrons. The zero-order chi connectivity index (χ0) is 0. The second-order valence-electron chi connectivity index (χ2n) is 0. The largest absolute Gasteiger partial charge is 2.00 e. The molecule has 0 rings (SSSR count). The molecule has 0 aliphatic rings. The Morgan fingerprint density at radius 3 is 0.667 bits per heavy atom. The first-order valence-corrected chi connectivity index (χ1v) is 0. The molecule has 0 aromatic heterocycles. The minimum atomic E-state index is 0. The second-order valence-corrected chi connectivity index (χ2v) is 0. The van der Waals surface area contributed by atoms with Crippen LogP contribution >= 0.6 is 0 Å². The smallest absolute Gasteiger partial charge is 1.00 e. The van der Waals surface area contributed by atoms with E-state index in [4.69, 9.17) is 0 Å². The van der Waals surface area contributed by atoms with E-state index in [1.165, 1.54) is 0 Å². The van der Waals surface area contributed by atoms with Crippen molar-refractivity contribution in [2.24, 2.45) is 0 Å². The van der Waals surface area contributed by atoms with Crippen LogP contribution in [0.3, 0.4) is 0 Å². The predicted octanol–water partition coefficient (Wildman–Crippen LogP) is -7.11. The van der Waals surface area contributed by atoms with Crippen LogP contribution < -0.4 is 42.0 Å². The molecule has 0 heterocycles. The van der Waals surface area contributed by atoms with Crippen molar-refractivity contribution in [2.45, 2.75) is 0 Å². The molecule has 0 aromatic rings. The predicted molar refractivity (Wildman–Crippen MR) is 15.4 cm³/mol. The molecular formula is H2ClMg2NaO2+2. The van der Waals surface area contributed by atoms with E-state index in [9.17, 15) is 0 Å². The van der Waals surface area contributed by atoms with Crippen molar-refractivity contribution in [3.63, 3.8) is 0 Å². The van der Waals surface area contributed by atoms with Crippen LogP contribution in [0.5, 0.6) is 0 Å². The van der Waals surface area contributed by atoms with Gasteiger partial charge in [-0.3, -0.25) is 0 Å². The van der Waals surface area contributed by atoms with Crippen LogP contribution in [0.4, 0.5) is 0 Å². The maximum atomic E-state index is 0. The fourth-order valence-corrected chi connectivity index (χ4v) is 0. The average molecular weight is 141 g/mol. The Balaban J connectivity index is 0. The zero-order valence-electron chi connectivity index (χ0n) is 3.69. The number of hydrogen-bond acceptors (Lipinski definition) is 2. The van der Waals surface area contributed by atoms with Crippen LogP contribution in [0.1, 0.15) is 0 Å². The van der Waals surface area contributed by atoms with E-state index < -0.39 is 0 Å². The van der Waals surface area contributed by atoms with Gasteiger partial charge in [-0.15, -0.1) is 0 Å². The molecule has 2 N–H and O–H groups in total. The van der Waals surface area contributed by atoms with Gasteiger partial charge in [0.15, 0.2) is 0 Å². The summed E-state index contributed by atoms with van der Waals surface area (Å²) in [6.07, 6.45) is 0. The Bertz CT molecular complexity index is 11.5. The SMILES string of the molecule is [Cl-].[Mg+2].[Mg+2].[Na+].[OH-].[OH-]. The third-order valence-corrected chi connectivity index (χ3v) is 0. The van der Waals surface area contributed by atoms with Crippen molar-refractivity contribution in [3.05, 3.63) is 0 Å². The number of halogens is 1. The van der Waals surface area contributed by atoms with Crippen molar-refractivity contribution in [2.75, 3.05) is 0 Å². The molecule has 6 heavy (non-hydrogen) atoms. The zero-order valence-corrected chi connectivity index (χ0v) is 9.27. The Labute approximate surface area is 97.4 Å². The Hall–Kier alpha value is 2.74. The molecule has 0 amide bonds. The summed E-state index contributed by atoms with van der Waals surface area (Å²) in [5, 5.41) is 0. The minimum Gasteiger partial charge on any atom is -1.00 e. The van der Waals surface area contributed by atoms with E-state index in [-0.39, 0.29) is 99.0 Å². The first-order chi connectivity index (χ1) is 0. The van der Waals surface area contributed by atoms with Gasteiger partial charge in [0.2, 0.25) is 0 Å². The van der Waals surface area contributed by atoms with Crippen LogP contribution in [0.25, 0.3) is 0 Å². The summed E-state index contributed by atoms with van der Waals surface area (Å²) in [7, 11) is 0. The van der Waals surface area contributed by atoms with Gasteiger partial charge in [0.05, 0.1) is 0 Å². The van der Waals surface area contributed by atoms with Gasteiger partial charge >= 0.3 is 75.7 Å². The van der Waals surface area contributed by atoms with Crippen LogP contribution in [0.15, 0.2) is 0 Å². The quantitative estimate of drug-likeness (QED) is 0.315. The van der Waals surface area contributed by atoms with Gasteiger partial charge in [0, 0.05) is 0 Å². The molecule has 0 radical (unpaired) electrons. The van der Waals surface area contributed by atoms with Crippen molar-refractivity contribution in [1.82, 2.24) is 0 Å². The number of rotatable bonds is 0. The molecule has 0 atom stereocenters. The first kappa shape index (κ1) is 69.7. The molecule has 0 saturated carbocycles. The molecule has 0 fully saturated rings. The van der Waals surface area contributed by atoms with E-state index in [0.717, 1.165) is 0 Å². The topological polar surface area (TPSA) is 60.0 Å². The van der Waals surface area contributed by atoms with E-state index in [1.807, 2.05) is 0 Å². The monoisotopic (exact) mass is 140 g/mol. The van der Waals surface area contributed by atoms with Gasteiger partial charge in [-0.05, 0) is 0 Å². The first-order valence-electron chi connectivity index (χ1n) is 0. The van der Waals surface area contributed by atoms with Crippen LogP contribution in [0.2, 0.25) is 0 Å². The normalized spacial score (nSPS) is 0. The summed E-state index contributed by atoms with van der Waals surface area (Å²) in [5.41, 5.74) is 0. The summed E-state index contributed by atoms with van der Waals surface area (Å²) < 4.78 is 0. The van der Waals surface area contributed by atoms with Gasteiger partial charge in [-0.25, -0.2) is 0 Å². The molecule has 0 saturated heterocycles. The fourth-order valence-electron chi connectivity index (χ4n) is 0. The van der Waals surface area contributed by atoms with Gasteiger partial charge < -0.3 is 23.4 Å². The maximum Gasteiger partial charge on any atom is 2.00 e. The van der Waals surface area contributed by atoms with E-state index in [2.05, 4.69) is 0 Å². The number of hydrogen-bond donors (Lipinski definition) is 0. The second kappa shape index (κ2) is 46.8. The maximum absolute atomic E-state index is 0. The van der Waals surface area contributed by atoms with Gasteiger partial charge in [-0.1, -0.05) is 0 Å². The van der Waals surface area contributed by atoms with E-state index >= 15 is 0 Å².